The van der Waals surface area contributed by atoms with Crippen molar-refractivity contribution >= 4 is 21.8 Å². The molecule has 2 N–H and O–H groups in total. The third-order valence-electron chi connectivity index (χ3n) is 7.85. The lowest BCUT2D eigenvalue weighted by Crippen LogP contribution is -2.60. The Bertz CT molecular complexity index is 1460. The number of carbonyl (C=O) groups is 2. The van der Waals surface area contributed by atoms with Crippen LogP contribution in [0.2, 0.25) is 0 Å². The zero-order valence-electron chi connectivity index (χ0n) is 26.2. The normalized spacial score (nSPS) is 16.7. The van der Waals surface area contributed by atoms with Gasteiger partial charge in [-0.1, -0.05) is 51.1 Å². The number of hydrogen-bond donors (Lipinski definition) is 2. The van der Waals surface area contributed by atoms with Crippen molar-refractivity contribution in [3.05, 3.63) is 54.1 Å². The summed E-state index contributed by atoms with van der Waals surface area (Å²) in [4.78, 5) is 29.0. The molecule has 2 aliphatic rings. The summed E-state index contributed by atoms with van der Waals surface area (Å²) in [6.07, 6.45) is 6.28. The number of sulfonamides is 1. The Kier molecular flexibility index (Phi) is 11.9. The van der Waals surface area contributed by atoms with Gasteiger partial charge in [-0.25, -0.2) is 13.4 Å². The molecular formula is C33H44N4O7S. The molecule has 2 unspecified atom stereocenters. The van der Waals surface area contributed by atoms with E-state index in [0.29, 0.717) is 11.5 Å². The molecule has 45 heavy (non-hydrogen) atoms. The second kappa shape index (κ2) is 15.6. The molecule has 2 aliphatic heterocycles. The second-order valence-corrected chi connectivity index (χ2v) is 14.0. The average Bonchev–Trinajstić information content (AvgIpc) is 3.70. The van der Waals surface area contributed by atoms with Crippen molar-refractivity contribution < 1.29 is 32.6 Å². The number of aliphatic hydroxyl groups excluding tert-OH is 1. The molecule has 0 radical (unpaired) electrons. The summed E-state index contributed by atoms with van der Waals surface area (Å²) in [5, 5.41) is 13.1. The van der Waals surface area contributed by atoms with Gasteiger partial charge in [-0.05, 0) is 56.0 Å². The number of nitrogens with zero attached hydrogens (tertiary/aromatic N) is 3. The lowest BCUT2D eigenvalue weighted by Gasteiger charge is -2.37. The summed E-state index contributed by atoms with van der Waals surface area (Å²) in [6.45, 7) is 6.93. The number of hydrogen-bond acceptors (Lipinski definition) is 8. The highest BCUT2D eigenvalue weighted by Gasteiger charge is 2.37. The largest absolute Gasteiger partial charge is 0.454 e. The lowest BCUT2D eigenvalue weighted by molar-refractivity contribution is -0.148. The summed E-state index contributed by atoms with van der Waals surface area (Å²) in [7, 11) is -4.11. The van der Waals surface area contributed by atoms with E-state index in [0.717, 1.165) is 31.5 Å². The van der Waals surface area contributed by atoms with Crippen LogP contribution in [-0.4, -0.2) is 91.2 Å². The molecular weight excluding hydrogens is 596 g/mol. The van der Waals surface area contributed by atoms with Gasteiger partial charge in [0.05, 0.1) is 23.6 Å². The fourth-order valence-corrected chi connectivity index (χ4v) is 7.15. The Hall–Kier alpha value is -3.63. The minimum atomic E-state index is -4.11. The van der Waals surface area contributed by atoms with Gasteiger partial charge < -0.3 is 14.6 Å². The third-order valence-corrected chi connectivity index (χ3v) is 9.68. The molecule has 0 spiro atoms. The summed E-state index contributed by atoms with van der Waals surface area (Å²) < 4.78 is 39.9. The van der Waals surface area contributed by atoms with Crippen molar-refractivity contribution in [3.63, 3.8) is 0 Å². The molecule has 0 saturated carbocycles. The van der Waals surface area contributed by atoms with Gasteiger partial charge >= 0.3 is 0 Å². The highest BCUT2D eigenvalue weighted by molar-refractivity contribution is 7.89. The van der Waals surface area contributed by atoms with Crippen LogP contribution in [0.25, 0.3) is 0 Å². The van der Waals surface area contributed by atoms with Crippen LogP contribution >= 0.6 is 0 Å². The molecule has 12 heteroatoms. The first-order chi connectivity index (χ1) is 21.5. The van der Waals surface area contributed by atoms with E-state index in [1.54, 1.807) is 13.0 Å². The van der Waals surface area contributed by atoms with Crippen molar-refractivity contribution in [2.24, 2.45) is 11.8 Å². The summed E-state index contributed by atoms with van der Waals surface area (Å²) in [5.74, 6) is 1.96. The van der Waals surface area contributed by atoms with Crippen LogP contribution < -0.4 is 14.9 Å². The number of hydrazine groups is 1. The average molecular weight is 641 g/mol. The number of fused-ring (bicyclic) bond motifs is 1. The van der Waals surface area contributed by atoms with Crippen LogP contribution in [0, 0.1) is 24.2 Å². The zero-order chi connectivity index (χ0) is 32.6. The standard InChI is InChI=1S/C33H44N4O7S/c1-5-25(4)17-33(40)37(34-32(39)22-35-15-9-10-16-35)28(18-26-11-7-6-8-12-26)29(38)21-36(20-24(2)3)45(41,42)27-13-14-30-31(19-27)44-23-43-30/h1,6-8,11-14,19,24-25,28-29,38H,9-10,15-18,20-23H2,2-4H3,(H,34,39)/t25?,28?,29-/m1/s1. The lowest BCUT2D eigenvalue weighted by atomic mass is 9.99. The number of ether oxygens (including phenoxy) is 2. The van der Waals surface area contributed by atoms with Gasteiger partial charge in [-0.2, -0.15) is 4.31 Å². The predicted molar refractivity (Wildman–Crippen MR) is 169 cm³/mol. The SMILES string of the molecule is C#CC(C)CC(=O)N(NC(=O)CN1CCCC1)C(Cc1ccccc1)[C@H](O)CN(CC(C)C)S(=O)(=O)c1ccc2c(c1)OCO2. The van der Waals surface area contributed by atoms with Gasteiger partial charge in [0.1, 0.15) is 0 Å². The molecule has 2 heterocycles. The maximum atomic E-state index is 14.0. The fraction of sp³-hybridized carbons (Fsp3) is 0.515. The number of nitrogens with one attached hydrogen (secondary N) is 1. The number of terminal acetylenes is 1. The summed E-state index contributed by atoms with van der Waals surface area (Å²) >= 11 is 0. The van der Waals surface area contributed by atoms with Crippen LogP contribution in [0.15, 0.2) is 53.4 Å². The van der Waals surface area contributed by atoms with Crippen LogP contribution in [0.4, 0.5) is 0 Å². The van der Waals surface area contributed by atoms with E-state index in [1.807, 2.05) is 49.1 Å². The maximum Gasteiger partial charge on any atom is 0.252 e. The van der Waals surface area contributed by atoms with Crippen molar-refractivity contribution in [3.8, 4) is 23.8 Å². The number of benzene rings is 2. The minimum Gasteiger partial charge on any atom is -0.454 e. The van der Waals surface area contributed by atoms with Crippen molar-refractivity contribution in [2.75, 3.05) is 39.5 Å². The van der Waals surface area contributed by atoms with E-state index in [4.69, 9.17) is 15.9 Å². The molecule has 3 atom stereocenters. The Balaban J connectivity index is 1.67. The first-order valence-corrected chi connectivity index (χ1v) is 16.8. The highest BCUT2D eigenvalue weighted by Crippen LogP contribution is 2.35. The topological polar surface area (TPSA) is 129 Å². The van der Waals surface area contributed by atoms with E-state index < -0.39 is 39.9 Å². The molecule has 1 fully saturated rings. The molecule has 2 aromatic rings. The van der Waals surface area contributed by atoms with Crippen LogP contribution in [0.5, 0.6) is 11.5 Å². The first kappa shape index (κ1) is 34.2. The van der Waals surface area contributed by atoms with E-state index in [1.165, 1.54) is 21.4 Å². The molecule has 1 saturated heterocycles. The molecule has 0 aromatic heterocycles. The second-order valence-electron chi connectivity index (χ2n) is 12.1. The van der Waals surface area contributed by atoms with Gasteiger partial charge in [0, 0.05) is 31.5 Å². The van der Waals surface area contributed by atoms with E-state index in [-0.39, 0.29) is 50.1 Å². The monoisotopic (exact) mass is 640 g/mol. The van der Waals surface area contributed by atoms with Crippen molar-refractivity contribution in [1.82, 2.24) is 19.6 Å². The number of carbonyl (C=O) groups excluding carboxylic acids is 2. The highest BCUT2D eigenvalue weighted by atomic mass is 32.2. The minimum absolute atomic E-state index is 0.0000591. The van der Waals surface area contributed by atoms with Gasteiger partial charge in [-0.3, -0.25) is 19.9 Å². The van der Waals surface area contributed by atoms with E-state index in [9.17, 15) is 23.1 Å². The quantitative estimate of drug-likeness (QED) is 0.238. The van der Waals surface area contributed by atoms with E-state index in [2.05, 4.69) is 11.3 Å². The zero-order valence-corrected chi connectivity index (χ0v) is 27.0. The Morgan fingerprint density at radius 2 is 1.73 bits per heavy atom. The predicted octanol–water partition coefficient (Wildman–Crippen LogP) is 2.65. The third kappa shape index (κ3) is 9.20. The molecule has 11 nitrogen and oxygen atoms in total. The molecule has 2 amide bonds. The van der Waals surface area contributed by atoms with Gasteiger partial charge in [-0.15, -0.1) is 12.3 Å². The Morgan fingerprint density at radius 3 is 2.40 bits per heavy atom. The summed E-state index contributed by atoms with van der Waals surface area (Å²) in [6, 6.07) is 12.6. The van der Waals surface area contributed by atoms with E-state index >= 15 is 0 Å². The summed E-state index contributed by atoms with van der Waals surface area (Å²) in [5.41, 5.74) is 3.56. The fourth-order valence-electron chi connectivity index (χ4n) is 5.51. The van der Waals surface area contributed by atoms with Crippen molar-refractivity contribution in [2.45, 2.75) is 63.5 Å². The number of aliphatic hydroxyl groups is 1. The van der Waals surface area contributed by atoms with Crippen LogP contribution in [0.3, 0.4) is 0 Å². The van der Waals surface area contributed by atoms with Gasteiger partial charge in [0.25, 0.3) is 5.91 Å². The van der Waals surface area contributed by atoms with Crippen LogP contribution in [0.1, 0.15) is 45.6 Å². The Labute approximate surface area is 266 Å². The molecule has 0 aliphatic carbocycles. The maximum absolute atomic E-state index is 14.0. The molecule has 2 aromatic carbocycles. The number of amides is 2. The van der Waals surface area contributed by atoms with Crippen LogP contribution in [-0.2, 0) is 26.0 Å². The van der Waals surface area contributed by atoms with Crippen molar-refractivity contribution in [1.29, 1.82) is 0 Å². The first-order valence-electron chi connectivity index (χ1n) is 15.4. The van der Waals surface area contributed by atoms with Gasteiger partial charge in [0.15, 0.2) is 11.5 Å². The van der Waals surface area contributed by atoms with Gasteiger partial charge in [0.2, 0.25) is 22.7 Å². The molecule has 244 valence electrons. The number of likely N-dealkylation sites (tertiary alicyclic amines) is 1. The number of rotatable bonds is 14. The molecule has 0 bridgehead atoms. The molecule has 4 rings (SSSR count). The smallest absolute Gasteiger partial charge is 0.252 e. The Morgan fingerprint density at radius 1 is 1.04 bits per heavy atom.